The van der Waals surface area contributed by atoms with E-state index in [0.29, 0.717) is 5.56 Å². The lowest BCUT2D eigenvalue weighted by Crippen LogP contribution is -1.91. The zero-order chi connectivity index (χ0) is 13.2. The molecule has 0 saturated heterocycles. The fourth-order valence-corrected chi connectivity index (χ4v) is 2.33. The summed E-state index contributed by atoms with van der Waals surface area (Å²) in [6.45, 7) is 2.02. The molecule has 2 aromatic carbocycles. The van der Waals surface area contributed by atoms with E-state index in [-0.39, 0.29) is 0 Å². The van der Waals surface area contributed by atoms with Gasteiger partial charge in [0.2, 0.25) is 0 Å². The summed E-state index contributed by atoms with van der Waals surface area (Å²) < 4.78 is 0. The quantitative estimate of drug-likeness (QED) is 0.640. The Bertz CT molecular complexity index is 757. The van der Waals surface area contributed by atoms with Gasteiger partial charge in [-0.05, 0) is 18.6 Å². The van der Waals surface area contributed by atoms with Crippen LogP contribution in [-0.4, -0.2) is 11.3 Å². The molecule has 0 spiro atoms. The first-order chi connectivity index (χ1) is 9.29. The van der Waals surface area contributed by atoms with Crippen molar-refractivity contribution < 1.29 is 4.79 Å². The van der Waals surface area contributed by atoms with Crippen LogP contribution in [0.5, 0.6) is 0 Å². The van der Waals surface area contributed by atoms with Gasteiger partial charge in [-0.3, -0.25) is 9.78 Å². The van der Waals surface area contributed by atoms with Crippen molar-refractivity contribution in [2.24, 2.45) is 0 Å². The predicted molar refractivity (Wildman–Crippen MR) is 77.3 cm³/mol. The highest BCUT2D eigenvalue weighted by Crippen LogP contribution is 2.29. The van der Waals surface area contributed by atoms with Crippen molar-refractivity contribution in [2.75, 3.05) is 0 Å². The number of carbonyl (C=O) groups is 1. The SMILES string of the molecule is Cc1ccc(C=O)c(-c2cccc3cccnc23)c1. The highest BCUT2D eigenvalue weighted by molar-refractivity contribution is 5.98. The Hall–Kier alpha value is -2.48. The number of rotatable bonds is 2. The van der Waals surface area contributed by atoms with Crippen LogP contribution in [0.1, 0.15) is 15.9 Å². The molecular weight excluding hydrogens is 234 g/mol. The summed E-state index contributed by atoms with van der Waals surface area (Å²) in [5, 5.41) is 1.08. The molecule has 0 aliphatic carbocycles. The van der Waals surface area contributed by atoms with Crippen molar-refractivity contribution in [3.05, 3.63) is 65.9 Å². The second kappa shape index (κ2) is 4.65. The molecule has 1 heterocycles. The van der Waals surface area contributed by atoms with E-state index >= 15 is 0 Å². The first-order valence-corrected chi connectivity index (χ1v) is 6.19. The zero-order valence-corrected chi connectivity index (χ0v) is 10.6. The lowest BCUT2D eigenvalue weighted by molar-refractivity contribution is 0.112. The minimum absolute atomic E-state index is 0.698. The summed E-state index contributed by atoms with van der Waals surface area (Å²) in [4.78, 5) is 15.7. The van der Waals surface area contributed by atoms with Gasteiger partial charge >= 0.3 is 0 Å². The second-order valence-corrected chi connectivity index (χ2v) is 4.59. The topological polar surface area (TPSA) is 30.0 Å². The van der Waals surface area contributed by atoms with Crippen LogP contribution in [0.2, 0.25) is 0 Å². The van der Waals surface area contributed by atoms with E-state index in [1.807, 2.05) is 55.5 Å². The van der Waals surface area contributed by atoms with Crippen molar-refractivity contribution in [1.82, 2.24) is 4.98 Å². The summed E-state index contributed by atoms with van der Waals surface area (Å²) >= 11 is 0. The Morgan fingerprint density at radius 1 is 1.00 bits per heavy atom. The van der Waals surface area contributed by atoms with Gasteiger partial charge in [-0.2, -0.15) is 0 Å². The van der Waals surface area contributed by atoms with E-state index in [4.69, 9.17) is 0 Å². The number of benzene rings is 2. The fraction of sp³-hybridized carbons (Fsp3) is 0.0588. The monoisotopic (exact) mass is 247 g/mol. The third-order valence-electron chi connectivity index (χ3n) is 3.26. The zero-order valence-electron chi connectivity index (χ0n) is 10.6. The predicted octanol–water partition coefficient (Wildman–Crippen LogP) is 4.02. The van der Waals surface area contributed by atoms with Crippen LogP contribution in [0.3, 0.4) is 0 Å². The molecule has 0 fully saturated rings. The number of nitrogens with zero attached hydrogens (tertiary/aromatic N) is 1. The summed E-state index contributed by atoms with van der Waals surface area (Å²) in [5.41, 5.74) is 4.71. The number of pyridine rings is 1. The molecule has 19 heavy (non-hydrogen) atoms. The number of aryl methyl sites for hydroxylation is 1. The van der Waals surface area contributed by atoms with Gasteiger partial charge in [-0.1, -0.05) is 48.0 Å². The van der Waals surface area contributed by atoms with E-state index in [1.165, 1.54) is 0 Å². The molecule has 0 saturated carbocycles. The standard InChI is InChI=1S/C17H13NO/c1-12-7-8-14(11-19)16(10-12)15-6-2-4-13-5-3-9-18-17(13)15/h2-11H,1H3. The molecule has 3 rings (SSSR count). The van der Waals surface area contributed by atoms with Crippen molar-refractivity contribution in [3.8, 4) is 11.1 Å². The van der Waals surface area contributed by atoms with Crippen LogP contribution in [-0.2, 0) is 0 Å². The highest BCUT2D eigenvalue weighted by atomic mass is 16.1. The van der Waals surface area contributed by atoms with Crippen LogP contribution in [0.25, 0.3) is 22.0 Å². The molecule has 2 nitrogen and oxygen atoms in total. The Morgan fingerprint density at radius 2 is 1.84 bits per heavy atom. The van der Waals surface area contributed by atoms with E-state index < -0.39 is 0 Å². The maximum Gasteiger partial charge on any atom is 0.150 e. The van der Waals surface area contributed by atoms with Gasteiger partial charge in [0.05, 0.1) is 5.52 Å². The molecule has 3 aromatic rings. The van der Waals surface area contributed by atoms with Crippen LogP contribution in [0, 0.1) is 6.92 Å². The normalized spacial score (nSPS) is 10.6. The molecule has 0 aliphatic rings. The molecule has 0 bridgehead atoms. The minimum Gasteiger partial charge on any atom is -0.298 e. The van der Waals surface area contributed by atoms with Gasteiger partial charge in [-0.15, -0.1) is 0 Å². The van der Waals surface area contributed by atoms with Gasteiger partial charge in [0, 0.05) is 22.7 Å². The molecule has 2 heteroatoms. The molecule has 0 atom stereocenters. The maximum atomic E-state index is 11.2. The number of carbonyl (C=O) groups excluding carboxylic acids is 1. The number of hydrogen-bond acceptors (Lipinski definition) is 2. The molecule has 0 radical (unpaired) electrons. The number of aldehydes is 1. The first kappa shape index (κ1) is 11.6. The van der Waals surface area contributed by atoms with Crippen molar-refractivity contribution in [1.29, 1.82) is 0 Å². The molecule has 0 amide bonds. The molecule has 92 valence electrons. The van der Waals surface area contributed by atoms with Gasteiger partial charge in [0.1, 0.15) is 0 Å². The van der Waals surface area contributed by atoms with Gasteiger partial charge in [-0.25, -0.2) is 0 Å². The van der Waals surface area contributed by atoms with Gasteiger partial charge < -0.3 is 0 Å². The van der Waals surface area contributed by atoms with E-state index in [9.17, 15) is 4.79 Å². The molecule has 0 N–H and O–H groups in total. The van der Waals surface area contributed by atoms with Crippen LogP contribution in [0.4, 0.5) is 0 Å². The fourth-order valence-electron chi connectivity index (χ4n) is 2.33. The van der Waals surface area contributed by atoms with Crippen molar-refractivity contribution >= 4 is 17.2 Å². The number of hydrogen-bond donors (Lipinski definition) is 0. The Balaban J connectivity index is 2.36. The first-order valence-electron chi connectivity index (χ1n) is 6.19. The third-order valence-corrected chi connectivity index (χ3v) is 3.26. The molecule has 0 unspecified atom stereocenters. The Morgan fingerprint density at radius 3 is 2.68 bits per heavy atom. The van der Waals surface area contributed by atoms with E-state index in [2.05, 4.69) is 4.98 Å². The minimum atomic E-state index is 0.698. The Kier molecular flexibility index (Phi) is 2.84. The lowest BCUT2D eigenvalue weighted by Gasteiger charge is -2.09. The van der Waals surface area contributed by atoms with Gasteiger partial charge in [0.15, 0.2) is 6.29 Å². The number of aromatic nitrogens is 1. The maximum absolute atomic E-state index is 11.2. The average molecular weight is 247 g/mol. The van der Waals surface area contributed by atoms with Crippen molar-refractivity contribution in [2.45, 2.75) is 6.92 Å². The van der Waals surface area contributed by atoms with Crippen LogP contribution < -0.4 is 0 Å². The number of fused-ring (bicyclic) bond motifs is 1. The van der Waals surface area contributed by atoms with E-state index in [0.717, 1.165) is 33.9 Å². The summed E-state index contributed by atoms with van der Waals surface area (Å²) in [7, 11) is 0. The lowest BCUT2D eigenvalue weighted by atomic mass is 9.96. The molecular formula is C17H13NO. The second-order valence-electron chi connectivity index (χ2n) is 4.59. The third kappa shape index (κ3) is 2.02. The van der Waals surface area contributed by atoms with Crippen LogP contribution in [0.15, 0.2) is 54.7 Å². The van der Waals surface area contributed by atoms with Crippen LogP contribution >= 0.6 is 0 Å². The average Bonchev–Trinajstić information content (AvgIpc) is 2.46. The summed E-state index contributed by atoms with van der Waals surface area (Å²) in [5.74, 6) is 0. The molecule has 1 aromatic heterocycles. The molecule has 0 aliphatic heterocycles. The van der Waals surface area contributed by atoms with Gasteiger partial charge in [0.25, 0.3) is 0 Å². The largest absolute Gasteiger partial charge is 0.298 e. The van der Waals surface area contributed by atoms with Crippen molar-refractivity contribution in [3.63, 3.8) is 0 Å². The summed E-state index contributed by atoms with van der Waals surface area (Å²) in [6.07, 6.45) is 2.68. The smallest absolute Gasteiger partial charge is 0.150 e. The highest BCUT2D eigenvalue weighted by Gasteiger charge is 2.09. The Labute approximate surface area is 111 Å². The summed E-state index contributed by atoms with van der Waals surface area (Å²) in [6, 6.07) is 15.8. The van der Waals surface area contributed by atoms with E-state index in [1.54, 1.807) is 6.20 Å². The number of para-hydroxylation sites is 1.